The van der Waals surface area contributed by atoms with Gasteiger partial charge in [0.2, 0.25) is 5.91 Å². The number of carbonyl (C=O) groups excluding carboxylic acids is 1. The van der Waals surface area contributed by atoms with Crippen LogP contribution in [0.15, 0.2) is 36.8 Å². The Labute approximate surface area is 165 Å². The molecule has 2 saturated carbocycles. The van der Waals surface area contributed by atoms with E-state index in [9.17, 15) is 18.0 Å². The zero-order chi connectivity index (χ0) is 20.3. The van der Waals surface area contributed by atoms with Gasteiger partial charge in [-0.15, -0.1) is 0 Å². The summed E-state index contributed by atoms with van der Waals surface area (Å²) in [7, 11) is 0. The van der Waals surface area contributed by atoms with Gasteiger partial charge in [-0.2, -0.15) is 0 Å². The van der Waals surface area contributed by atoms with Crippen LogP contribution in [0.3, 0.4) is 0 Å². The molecule has 1 amide bonds. The third-order valence-electron chi connectivity index (χ3n) is 6.47. The Hall–Kier alpha value is -2.90. The lowest BCUT2D eigenvalue weighted by Crippen LogP contribution is -2.24. The van der Waals surface area contributed by atoms with E-state index in [4.69, 9.17) is 0 Å². The molecule has 2 heterocycles. The van der Waals surface area contributed by atoms with Gasteiger partial charge >= 0.3 is 0 Å². The summed E-state index contributed by atoms with van der Waals surface area (Å²) in [5, 5.41) is 2.74. The summed E-state index contributed by atoms with van der Waals surface area (Å²) in [5.74, 6) is -1.05. The van der Waals surface area contributed by atoms with E-state index < -0.39 is 17.5 Å². The molecule has 2 aliphatic rings. The highest BCUT2D eigenvalue weighted by atomic mass is 19.2. The molecule has 1 aromatic carbocycles. The summed E-state index contributed by atoms with van der Waals surface area (Å²) in [5.41, 5.74) is 1.04. The maximum atomic E-state index is 13.6. The van der Waals surface area contributed by atoms with Gasteiger partial charge in [-0.05, 0) is 42.7 Å². The van der Waals surface area contributed by atoms with Crippen molar-refractivity contribution in [3.05, 3.63) is 54.2 Å². The molecule has 5 atom stereocenters. The van der Waals surface area contributed by atoms with Crippen molar-refractivity contribution in [2.24, 2.45) is 23.7 Å². The van der Waals surface area contributed by atoms with Crippen LogP contribution in [-0.2, 0) is 4.79 Å². The molecule has 1 N–H and O–H groups in total. The normalized spacial score (nSPS) is 26.3. The second-order valence-electron chi connectivity index (χ2n) is 8.08. The van der Waals surface area contributed by atoms with Crippen LogP contribution in [-0.4, -0.2) is 20.4 Å². The van der Waals surface area contributed by atoms with Gasteiger partial charge < -0.3 is 9.88 Å². The van der Waals surface area contributed by atoms with Crippen LogP contribution in [0, 0.1) is 41.1 Å². The number of anilines is 1. The minimum absolute atomic E-state index is 0.120. The van der Waals surface area contributed by atoms with Crippen LogP contribution in [0.1, 0.15) is 25.8 Å². The first-order chi connectivity index (χ1) is 13.9. The van der Waals surface area contributed by atoms with Crippen molar-refractivity contribution in [3.8, 4) is 0 Å². The number of nitrogens with one attached hydrogen (secondary N) is 1. The molecule has 0 bridgehead atoms. The number of halogens is 3. The molecule has 5 rings (SSSR count). The Morgan fingerprint density at radius 1 is 1.14 bits per heavy atom. The van der Waals surface area contributed by atoms with Gasteiger partial charge in [0.15, 0.2) is 11.6 Å². The molecule has 2 aliphatic carbocycles. The van der Waals surface area contributed by atoms with Crippen molar-refractivity contribution < 1.29 is 18.0 Å². The Bertz CT molecular complexity index is 1090. The molecule has 2 fully saturated rings. The van der Waals surface area contributed by atoms with E-state index in [-0.39, 0.29) is 23.8 Å². The zero-order valence-corrected chi connectivity index (χ0v) is 15.6. The first kappa shape index (κ1) is 18.1. The van der Waals surface area contributed by atoms with Gasteiger partial charge in [-0.3, -0.25) is 4.79 Å². The van der Waals surface area contributed by atoms with Crippen molar-refractivity contribution in [2.45, 2.75) is 25.8 Å². The van der Waals surface area contributed by atoms with Crippen LogP contribution >= 0.6 is 0 Å². The number of amides is 1. The van der Waals surface area contributed by atoms with E-state index in [0.717, 1.165) is 25.1 Å². The molecule has 150 valence electrons. The Balaban J connectivity index is 1.25. The fourth-order valence-electron chi connectivity index (χ4n) is 5.01. The summed E-state index contributed by atoms with van der Waals surface area (Å²) in [6, 6.07) is 5.19. The van der Waals surface area contributed by atoms with Crippen molar-refractivity contribution in [1.29, 1.82) is 0 Å². The minimum Gasteiger partial charge on any atom is -0.327 e. The second kappa shape index (κ2) is 6.57. The largest absolute Gasteiger partial charge is 0.327 e. The van der Waals surface area contributed by atoms with E-state index in [1.54, 1.807) is 6.33 Å². The lowest BCUT2D eigenvalue weighted by Gasteiger charge is -2.19. The van der Waals surface area contributed by atoms with Gasteiger partial charge in [0.05, 0.1) is 23.6 Å². The summed E-state index contributed by atoms with van der Waals surface area (Å²) in [6.45, 7) is 1.90. The number of aromatic nitrogens is 3. The van der Waals surface area contributed by atoms with Crippen molar-refractivity contribution >= 4 is 22.8 Å². The average Bonchev–Trinajstić information content (AvgIpc) is 3.02. The number of benzene rings is 1. The van der Waals surface area contributed by atoms with Crippen LogP contribution in [0.4, 0.5) is 19.0 Å². The zero-order valence-electron chi connectivity index (χ0n) is 15.6. The maximum absolute atomic E-state index is 13.6. The summed E-state index contributed by atoms with van der Waals surface area (Å²) in [6.07, 6.45) is 4.48. The molecular formula is C21H19F3N4O. The third kappa shape index (κ3) is 3.07. The molecule has 3 unspecified atom stereocenters. The van der Waals surface area contributed by atoms with Gasteiger partial charge in [0.1, 0.15) is 11.6 Å². The molecule has 0 radical (unpaired) electrons. The van der Waals surface area contributed by atoms with Gasteiger partial charge in [-0.25, -0.2) is 23.1 Å². The number of imidazole rings is 1. The molecule has 5 nitrogen and oxygen atoms in total. The topological polar surface area (TPSA) is 59.8 Å². The van der Waals surface area contributed by atoms with Crippen LogP contribution in [0.25, 0.3) is 11.0 Å². The Kier molecular flexibility index (Phi) is 4.11. The molecule has 0 saturated heterocycles. The first-order valence-corrected chi connectivity index (χ1v) is 9.66. The monoisotopic (exact) mass is 400 g/mol. The number of carbonyl (C=O) groups is 1. The number of pyridine rings is 1. The standard InChI is InChI=1S/C21H19F3N4O/c1-10(21(29)27-19-3-2-11(22)8-25-19)20-13-4-12(5-14(13)20)28-9-26-17-6-15(23)16(24)7-18(17)28/h2-3,6-10,12-14,20H,4-5H2,1H3,(H,25,27,29)/t10?,12?,13-,14+,20?. The number of nitrogens with zero attached hydrogens (tertiary/aromatic N) is 3. The number of hydrogen-bond donors (Lipinski definition) is 1. The van der Waals surface area contributed by atoms with E-state index in [0.29, 0.717) is 28.7 Å². The van der Waals surface area contributed by atoms with Crippen LogP contribution < -0.4 is 5.32 Å². The fourth-order valence-corrected chi connectivity index (χ4v) is 5.01. The lowest BCUT2D eigenvalue weighted by atomic mass is 9.96. The fraction of sp³-hybridized carbons (Fsp3) is 0.381. The molecule has 29 heavy (non-hydrogen) atoms. The van der Waals surface area contributed by atoms with E-state index in [1.807, 2.05) is 11.5 Å². The van der Waals surface area contributed by atoms with Gasteiger partial charge in [-0.1, -0.05) is 6.92 Å². The highest BCUT2D eigenvalue weighted by molar-refractivity contribution is 5.91. The SMILES string of the molecule is CC(C(=O)Nc1ccc(F)cn1)C1[C@H]2CC(n3cnc4cc(F)c(F)cc43)C[C@@H]12. The number of hydrogen-bond acceptors (Lipinski definition) is 3. The Morgan fingerprint density at radius 3 is 2.55 bits per heavy atom. The third-order valence-corrected chi connectivity index (χ3v) is 6.47. The van der Waals surface area contributed by atoms with Crippen LogP contribution in [0.5, 0.6) is 0 Å². The molecular weight excluding hydrogens is 381 g/mol. The maximum Gasteiger partial charge on any atom is 0.228 e. The van der Waals surface area contributed by atoms with E-state index in [1.165, 1.54) is 18.2 Å². The number of fused-ring (bicyclic) bond motifs is 2. The van der Waals surface area contributed by atoms with Crippen molar-refractivity contribution in [2.75, 3.05) is 5.32 Å². The second-order valence-corrected chi connectivity index (χ2v) is 8.08. The number of rotatable bonds is 4. The molecule has 0 spiro atoms. The van der Waals surface area contributed by atoms with Crippen LogP contribution in [0.2, 0.25) is 0 Å². The summed E-state index contributed by atoms with van der Waals surface area (Å²) < 4.78 is 41.9. The highest BCUT2D eigenvalue weighted by Gasteiger charge is 2.59. The van der Waals surface area contributed by atoms with Gasteiger partial charge in [0, 0.05) is 24.1 Å². The average molecular weight is 400 g/mol. The summed E-state index contributed by atoms with van der Waals surface area (Å²) in [4.78, 5) is 20.6. The molecule has 0 aliphatic heterocycles. The predicted molar refractivity (Wildman–Crippen MR) is 100 cm³/mol. The summed E-state index contributed by atoms with van der Waals surface area (Å²) >= 11 is 0. The smallest absolute Gasteiger partial charge is 0.228 e. The Morgan fingerprint density at radius 2 is 1.86 bits per heavy atom. The quantitative estimate of drug-likeness (QED) is 0.710. The molecule has 2 aromatic heterocycles. The van der Waals surface area contributed by atoms with Crippen molar-refractivity contribution in [3.63, 3.8) is 0 Å². The highest BCUT2D eigenvalue weighted by Crippen LogP contribution is 2.64. The first-order valence-electron chi connectivity index (χ1n) is 9.66. The lowest BCUT2D eigenvalue weighted by molar-refractivity contribution is -0.120. The van der Waals surface area contributed by atoms with E-state index >= 15 is 0 Å². The van der Waals surface area contributed by atoms with Crippen molar-refractivity contribution in [1.82, 2.24) is 14.5 Å². The minimum atomic E-state index is -0.896. The molecule has 3 aromatic rings. The van der Waals surface area contributed by atoms with E-state index in [2.05, 4.69) is 15.3 Å². The van der Waals surface area contributed by atoms with Gasteiger partial charge in [0.25, 0.3) is 0 Å². The molecule has 8 heteroatoms. The predicted octanol–water partition coefficient (Wildman–Crippen LogP) is 4.32.